The molecule has 0 aromatic carbocycles. The summed E-state index contributed by atoms with van der Waals surface area (Å²) in [6.45, 7) is 3.49. The Morgan fingerprint density at radius 2 is 2.15 bits per heavy atom. The van der Waals surface area contributed by atoms with Crippen molar-refractivity contribution < 1.29 is 19.8 Å². The number of hydrogen-bond acceptors (Lipinski definition) is 5. The lowest BCUT2D eigenvalue weighted by Gasteiger charge is -2.16. The van der Waals surface area contributed by atoms with Gasteiger partial charge >= 0.3 is 12.0 Å². The predicted octanol–water partition coefficient (Wildman–Crippen LogP) is 0.901. The summed E-state index contributed by atoms with van der Waals surface area (Å²) in [5.41, 5.74) is 0. The number of thiazole rings is 1. The van der Waals surface area contributed by atoms with E-state index in [9.17, 15) is 9.59 Å². The molecule has 0 fully saturated rings. The third-order valence-corrected chi connectivity index (χ3v) is 3.98. The molecule has 0 radical (unpaired) electrons. The number of nitrogens with one attached hydrogen (secondary N) is 2. The minimum absolute atomic E-state index is 0.0334. The number of aliphatic hydroxyl groups is 1. The maximum Gasteiger partial charge on any atom is 0.326 e. The number of aryl methyl sites for hydroxylation is 1. The number of aliphatic hydroxyl groups excluding tert-OH is 1. The van der Waals surface area contributed by atoms with Gasteiger partial charge in [-0.1, -0.05) is 6.92 Å². The van der Waals surface area contributed by atoms with Crippen LogP contribution < -0.4 is 10.6 Å². The number of carbonyl (C=O) groups excluding carboxylic acids is 1. The van der Waals surface area contributed by atoms with Gasteiger partial charge in [0.05, 0.1) is 6.04 Å². The van der Waals surface area contributed by atoms with Crippen molar-refractivity contribution in [3.63, 3.8) is 0 Å². The van der Waals surface area contributed by atoms with Crippen molar-refractivity contribution in [1.29, 1.82) is 0 Å². The van der Waals surface area contributed by atoms with Crippen molar-refractivity contribution in [2.75, 3.05) is 6.61 Å². The summed E-state index contributed by atoms with van der Waals surface area (Å²) in [7, 11) is 0. The fourth-order valence-corrected chi connectivity index (χ4v) is 2.39. The highest BCUT2D eigenvalue weighted by molar-refractivity contribution is 7.11. The van der Waals surface area contributed by atoms with Crippen molar-refractivity contribution in [1.82, 2.24) is 15.6 Å². The van der Waals surface area contributed by atoms with Gasteiger partial charge < -0.3 is 20.8 Å². The van der Waals surface area contributed by atoms with E-state index in [-0.39, 0.29) is 19.1 Å². The molecule has 1 heterocycles. The molecule has 2 atom stereocenters. The van der Waals surface area contributed by atoms with Crippen molar-refractivity contribution in [3.05, 3.63) is 16.1 Å². The molecule has 0 aliphatic rings. The molecule has 0 aliphatic heterocycles. The number of amides is 2. The molecule has 0 spiro atoms. The van der Waals surface area contributed by atoms with Gasteiger partial charge in [-0.3, -0.25) is 0 Å². The van der Waals surface area contributed by atoms with Crippen molar-refractivity contribution >= 4 is 23.3 Å². The number of urea groups is 1. The molecule has 7 nitrogen and oxygen atoms in total. The van der Waals surface area contributed by atoms with Crippen LogP contribution in [0.4, 0.5) is 4.79 Å². The van der Waals surface area contributed by atoms with Crippen LogP contribution in [0.5, 0.6) is 0 Å². The SMILES string of the molecule is CCc1cnc(C(C)NC(=O)NC(CCO)C(=O)O)s1. The van der Waals surface area contributed by atoms with Crippen molar-refractivity contribution in [2.24, 2.45) is 0 Å². The van der Waals surface area contributed by atoms with Gasteiger partial charge in [0.25, 0.3) is 0 Å². The predicted molar refractivity (Wildman–Crippen MR) is 74.7 cm³/mol. The average Bonchev–Trinajstić information content (AvgIpc) is 2.86. The van der Waals surface area contributed by atoms with Gasteiger partial charge in [0, 0.05) is 24.1 Å². The van der Waals surface area contributed by atoms with Crippen LogP contribution in [-0.4, -0.2) is 39.8 Å². The number of carboxylic acid groups (broad SMARTS) is 1. The average molecular weight is 301 g/mol. The number of aliphatic carboxylic acids is 1. The highest BCUT2D eigenvalue weighted by Gasteiger charge is 2.20. The van der Waals surface area contributed by atoms with Crippen LogP contribution >= 0.6 is 11.3 Å². The third-order valence-electron chi connectivity index (χ3n) is 2.66. The Labute approximate surface area is 121 Å². The molecule has 2 unspecified atom stereocenters. The Morgan fingerprint density at radius 1 is 1.45 bits per heavy atom. The van der Waals surface area contributed by atoms with Gasteiger partial charge in [-0.15, -0.1) is 11.3 Å². The Bertz CT molecular complexity index is 463. The Hall–Kier alpha value is -1.67. The lowest BCUT2D eigenvalue weighted by molar-refractivity contribution is -0.139. The number of nitrogens with zero attached hydrogens (tertiary/aromatic N) is 1. The molecule has 1 aromatic rings. The summed E-state index contributed by atoms with van der Waals surface area (Å²) < 4.78 is 0. The van der Waals surface area contributed by atoms with E-state index in [0.29, 0.717) is 0 Å². The standard InChI is InChI=1S/C12H19N3O4S/c1-3-8-6-13-10(20-8)7(2)14-12(19)15-9(4-5-16)11(17)18/h6-7,9,16H,3-5H2,1-2H3,(H,17,18)(H2,14,15,19). The first-order valence-electron chi connectivity index (χ1n) is 6.33. The molecular formula is C12H19N3O4S. The van der Waals surface area contributed by atoms with E-state index >= 15 is 0 Å². The van der Waals surface area contributed by atoms with Crippen LogP contribution in [0.3, 0.4) is 0 Å². The molecule has 0 saturated heterocycles. The van der Waals surface area contributed by atoms with Gasteiger partial charge in [-0.25, -0.2) is 14.6 Å². The van der Waals surface area contributed by atoms with Crippen LogP contribution in [0.15, 0.2) is 6.20 Å². The van der Waals surface area contributed by atoms with Gasteiger partial charge in [0.1, 0.15) is 11.0 Å². The minimum atomic E-state index is -1.18. The summed E-state index contributed by atoms with van der Waals surface area (Å²) in [5, 5.41) is 23.3. The summed E-state index contributed by atoms with van der Waals surface area (Å²) in [6, 6.07) is -2.00. The smallest absolute Gasteiger partial charge is 0.326 e. The molecule has 1 rings (SSSR count). The maximum absolute atomic E-state index is 11.7. The lowest BCUT2D eigenvalue weighted by Crippen LogP contribution is -2.47. The maximum atomic E-state index is 11.7. The number of rotatable bonds is 7. The van der Waals surface area contributed by atoms with Crippen LogP contribution in [0, 0.1) is 0 Å². The van der Waals surface area contributed by atoms with Gasteiger partial charge in [-0.05, 0) is 13.3 Å². The number of carbonyl (C=O) groups is 2. The topological polar surface area (TPSA) is 112 Å². The minimum Gasteiger partial charge on any atom is -0.480 e. The molecule has 1 aromatic heterocycles. The third kappa shape index (κ3) is 4.78. The van der Waals surface area contributed by atoms with Crippen LogP contribution in [0.2, 0.25) is 0 Å². The molecule has 0 aliphatic carbocycles. The summed E-state index contributed by atoms with van der Waals surface area (Å²) in [4.78, 5) is 27.9. The van der Waals surface area contributed by atoms with Gasteiger partial charge in [-0.2, -0.15) is 0 Å². The van der Waals surface area contributed by atoms with E-state index in [0.717, 1.165) is 16.3 Å². The summed E-state index contributed by atoms with van der Waals surface area (Å²) in [6.07, 6.45) is 2.62. The zero-order chi connectivity index (χ0) is 15.1. The van der Waals surface area contributed by atoms with E-state index in [4.69, 9.17) is 10.2 Å². The molecule has 8 heteroatoms. The van der Waals surface area contributed by atoms with E-state index in [1.54, 1.807) is 13.1 Å². The molecule has 0 saturated carbocycles. The quantitative estimate of drug-likeness (QED) is 0.598. The second kappa shape index (κ2) is 7.81. The molecule has 2 amide bonds. The number of hydrogen-bond donors (Lipinski definition) is 4. The monoisotopic (exact) mass is 301 g/mol. The van der Waals surface area contributed by atoms with E-state index in [1.165, 1.54) is 11.3 Å². The molecule has 20 heavy (non-hydrogen) atoms. The van der Waals surface area contributed by atoms with Crippen LogP contribution in [-0.2, 0) is 11.2 Å². The summed E-state index contributed by atoms with van der Waals surface area (Å²) in [5.74, 6) is -1.18. The van der Waals surface area contributed by atoms with Crippen LogP contribution in [0.25, 0.3) is 0 Å². The number of carboxylic acids is 1. The molecular weight excluding hydrogens is 282 g/mol. The zero-order valence-corrected chi connectivity index (χ0v) is 12.2. The normalized spacial score (nSPS) is 13.6. The van der Waals surface area contributed by atoms with Crippen LogP contribution in [0.1, 0.15) is 36.2 Å². The van der Waals surface area contributed by atoms with E-state index in [2.05, 4.69) is 15.6 Å². The number of aromatic nitrogens is 1. The Balaban J connectivity index is 2.54. The Morgan fingerprint density at radius 3 is 2.65 bits per heavy atom. The molecule has 0 bridgehead atoms. The second-order valence-electron chi connectivity index (χ2n) is 4.26. The zero-order valence-electron chi connectivity index (χ0n) is 11.4. The second-order valence-corrected chi connectivity index (χ2v) is 5.41. The fourth-order valence-electron chi connectivity index (χ4n) is 1.53. The Kier molecular flexibility index (Phi) is 6.40. The highest BCUT2D eigenvalue weighted by Crippen LogP contribution is 2.19. The lowest BCUT2D eigenvalue weighted by atomic mass is 10.2. The van der Waals surface area contributed by atoms with E-state index in [1.807, 2.05) is 6.92 Å². The van der Waals surface area contributed by atoms with Gasteiger partial charge in [0.2, 0.25) is 0 Å². The fraction of sp³-hybridized carbons (Fsp3) is 0.583. The first kappa shape index (κ1) is 16.4. The van der Waals surface area contributed by atoms with E-state index < -0.39 is 18.0 Å². The first-order valence-corrected chi connectivity index (χ1v) is 7.14. The summed E-state index contributed by atoms with van der Waals surface area (Å²) >= 11 is 1.51. The molecule has 112 valence electrons. The molecule has 4 N–H and O–H groups in total. The first-order chi connectivity index (χ1) is 9.47. The largest absolute Gasteiger partial charge is 0.480 e. The highest BCUT2D eigenvalue weighted by atomic mass is 32.1. The van der Waals surface area contributed by atoms with Gasteiger partial charge in [0.15, 0.2) is 0 Å². The van der Waals surface area contributed by atoms with Crippen molar-refractivity contribution in [2.45, 2.75) is 38.8 Å². The van der Waals surface area contributed by atoms with Crippen molar-refractivity contribution in [3.8, 4) is 0 Å².